The van der Waals surface area contributed by atoms with Crippen molar-refractivity contribution in [2.45, 2.75) is 0 Å². The van der Waals surface area contributed by atoms with Crippen molar-refractivity contribution in [2.75, 3.05) is 0 Å². The molecule has 0 aliphatic carbocycles. The average molecular weight is 254 g/mol. The summed E-state index contributed by atoms with van der Waals surface area (Å²) in [5.74, 6) is -0.311. The minimum absolute atomic E-state index is 0.0174. The van der Waals surface area contributed by atoms with Crippen LogP contribution >= 0.6 is 23.6 Å². The number of aromatic nitrogens is 3. The van der Waals surface area contributed by atoms with Crippen LogP contribution in [0.2, 0.25) is 0 Å². The van der Waals surface area contributed by atoms with Crippen LogP contribution in [0.5, 0.6) is 5.88 Å². The van der Waals surface area contributed by atoms with Gasteiger partial charge in [0.05, 0.1) is 0 Å². The third kappa shape index (κ3) is 2.23. The zero-order chi connectivity index (χ0) is 11.5. The molecular weight excluding hydrogens is 248 g/mol. The number of aliphatic imine (C=N–C) groups is 1. The van der Waals surface area contributed by atoms with Crippen LogP contribution < -0.4 is 5.56 Å². The molecular formula is C8H6N4O2S2. The van der Waals surface area contributed by atoms with Crippen molar-refractivity contribution in [1.29, 1.82) is 0 Å². The van der Waals surface area contributed by atoms with E-state index in [1.54, 1.807) is 11.6 Å². The van der Waals surface area contributed by atoms with Gasteiger partial charge in [0.1, 0.15) is 5.56 Å². The zero-order valence-corrected chi connectivity index (χ0v) is 9.43. The number of aromatic hydroxyl groups is 1. The lowest BCUT2D eigenvalue weighted by molar-refractivity contribution is 0.449. The maximum atomic E-state index is 11.4. The minimum Gasteiger partial charge on any atom is -0.494 e. The van der Waals surface area contributed by atoms with E-state index in [0.717, 1.165) is 0 Å². The van der Waals surface area contributed by atoms with Crippen LogP contribution in [0.3, 0.4) is 0 Å². The zero-order valence-electron chi connectivity index (χ0n) is 7.80. The van der Waals surface area contributed by atoms with E-state index in [1.807, 2.05) is 0 Å². The molecule has 2 rings (SSSR count). The van der Waals surface area contributed by atoms with Gasteiger partial charge in [-0.3, -0.25) is 9.78 Å². The highest BCUT2D eigenvalue weighted by Crippen LogP contribution is 2.14. The monoisotopic (exact) mass is 254 g/mol. The molecule has 0 bridgehead atoms. The van der Waals surface area contributed by atoms with Gasteiger partial charge in [-0.25, -0.2) is 9.98 Å². The molecule has 0 aliphatic heterocycles. The lowest BCUT2D eigenvalue weighted by Gasteiger charge is -1.95. The molecule has 0 unspecified atom stereocenters. The fourth-order valence-electron chi connectivity index (χ4n) is 1.00. The topological polar surface area (TPSA) is 94.1 Å². The SMILES string of the molecule is O=c1[nH]c(=S)[nH]c(O)c1C=Nc1nccs1. The summed E-state index contributed by atoms with van der Waals surface area (Å²) in [4.78, 5) is 24.0. The third-order valence-corrected chi connectivity index (χ3v) is 2.57. The van der Waals surface area contributed by atoms with E-state index in [9.17, 15) is 9.90 Å². The number of rotatable bonds is 2. The van der Waals surface area contributed by atoms with E-state index in [0.29, 0.717) is 5.13 Å². The van der Waals surface area contributed by atoms with E-state index in [4.69, 9.17) is 0 Å². The highest BCUT2D eigenvalue weighted by molar-refractivity contribution is 7.71. The molecule has 0 spiro atoms. The molecule has 6 nitrogen and oxygen atoms in total. The maximum absolute atomic E-state index is 11.4. The number of hydrogen-bond acceptors (Lipinski definition) is 6. The number of H-pyrrole nitrogens is 2. The van der Waals surface area contributed by atoms with Crippen LogP contribution in [0.25, 0.3) is 0 Å². The molecule has 8 heteroatoms. The fraction of sp³-hybridized carbons (Fsp3) is 0. The van der Waals surface area contributed by atoms with E-state index in [-0.39, 0.29) is 16.2 Å². The van der Waals surface area contributed by atoms with Crippen LogP contribution in [0.15, 0.2) is 21.4 Å². The normalized spacial score (nSPS) is 11.0. The molecule has 0 aliphatic rings. The molecule has 0 aromatic carbocycles. The Hall–Kier alpha value is -1.80. The third-order valence-electron chi connectivity index (χ3n) is 1.68. The number of nitrogens with zero attached hydrogens (tertiary/aromatic N) is 2. The lowest BCUT2D eigenvalue weighted by atomic mass is 10.3. The summed E-state index contributed by atoms with van der Waals surface area (Å²) in [6.07, 6.45) is 2.83. The summed E-state index contributed by atoms with van der Waals surface area (Å²) in [5, 5.41) is 11.7. The predicted octanol–water partition coefficient (Wildman–Crippen LogP) is 1.35. The van der Waals surface area contributed by atoms with Gasteiger partial charge in [-0.05, 0) is 12.2 Å². The Morgan fingerprint density at radius 1 is 1.56 bits per heavy atom. The molecule has 82 valence electrons. The second-order valence-electron chi connectivity index (χ2n) is 2.74. The van der Waals surface area contributed by atoms with Crippen molar-refractivity contribution in [3.05, 3.63) is 32.3 Å². The van der Waals surface area contributed by atoms with Crippen molar-refractivity contribution < 1.29 is 5.11 Å². The summed E-state index contributed by atoms with van der Waals surface area (Å²) < 4.78 is 0.0638. The number of aromatic amines is 2. The van der Waals surface area contributed by atoms with E-state index < -0.39 is 5.56 Å². The van der Waals surface area contributed by atoms with Gasteiger partial charge >= 0.3 is 0 Å². The first-order valence-electron chi connectivity index (χ1n) is 4.16. The predicted molar refractivity (Wildman–Crippen MR) is 63.3 cm³/mol. The maximum Gasteiger partial charge on any atom is 0.264 e. The summed E-state index contributed by atoms with van der Waals surface area (Å²) in [6.45, 7) is 0. The van der Waals surface area contributed by atoms with Crippen LogP contribution in [-0.4, -0.2) is 26.3 Å². The van der Waals surface area contributed by atoms with E-state index in [1.165, 1.54) is 17.6 Å². The van der Waals surface area contributed by atoms with Gasteiger partial charge in [0.15, 0.2) is 4.77 Å². The van der Waals surface area contributed by atoms with E-state index in [2.05, 4.69) is 32.2 Å². The number of thiazole rings is 1. The molecule has 0 amide bonds. The summed E-state index contributed by atoms with van der Waals surface area (Å²) in [6, 6.07) is 0. The number of nitrogens with one attached hydrogen (secondary N) is 2. The Bertz CT molecular complexity index is 626. The van der Waals surface area contributed by atoms with Crippen molar-refractivity contribution in [3.8, 4) is 5.88 Å². The van der Waals surface area contributed by atoms with Gasteiger partial charge in [-0.1, -0.05) is 0 Å². The summed E-state index contributed by atoms with van der Waals surface area (Å²) >= 11 is 6.01. The first-order valence-corrected chi connectivity index (χ1v) is 5.45. The second kappa shape index (κ2) is 4.37. The van der Waals surface area contributed by atoms with Gasteiger partial charge < -0.3 is 10.1 Å². The Morgan fingerprint density at radius 3 is 3.00 bits per heavy atom. The Kier molecular flexibility index (Phi) is 2.93. The van der Waals surface area contributed by atoms with Crippen molar-refractivity contribution in [2.24, 2.45) is 4.99 Å². The van der Waals surface area contributed by atoms with Crippen LogP contribution in [0, 0.1) is 4.77 Å². The first kappa shape index (κ1) is 10.7. The van der Waals surface area contributed by atoms with Crippen LogP contribution in [0.1, 0.15) is 5.56 Å². The molecule has 0 radical (unpaired) electrons. The summed E-state index contributed by atoms with van der Waals surface area (Å²) in [7, 11) is 0. The van der Waals surface area contributed by atoms with Crippen molar-refractivity contribution in [1.82, 2.24) is 15.0 Å². The molecule has 2 heterocycles. The van der Waals surface area contributed by atoms with Crippen molar-refractivity contribution >= 4 is 34.9 Å². The van der Waals surface area contributed by atoms with Gasteiger partial charge in [0.2, 0.25) is 11.0 Å². The molecule has 16 heavy (non-hydrogen) atoms. The van der Waals surface area contributed by atoms with E-state index >= 15 is 0 Å². The average Bonchev–Trinajstić information content (AvgIpc) is 2.68. The molecule has 0 atom stereocenters. The van der Waals surface area contributed by atoms with Crippen LogP contribution in [0.4, 0.5) is 5.13 Å². The first-order chi connectivity index (χ1) is 7.66. The minimum atomic E-state index is -0.499. The Labute approximate surface area is 98.4 Å². The summed E-state index contributed by atoms with van der Waals surface area (Å²) in [5.41, 5.74) is -0.481. The molecule has 2 aromatic heterocycles. The molecule has 3 N–H and O–H groups in total. The molecule has 0 fully saturated rings. The molecule has 0 saturated heterocycles. The van der Waals surface area contributed by atoms with Crippen LogP contribution in [-0.2, 0) is 0 Å². The second-order valence-corrected chi connectivity index (χ2v) is 4.02. The Morgan fingerprint density at radius 2 is 2.38 bits per heavy atom. The highest BCUT2D eigenvalue weighted by atomic mass is 32.1. The fourth-order valence-corrected chi connectivity index (χ4v) is 1.67. The Balaban J connectivity index is 2.43. The highest BCUT2D eigenvalue weighted by Gasteiger charge is 2.04. The lowest BCUT2D eigenvalue weighted by Crippen LogP contribution is -2.13. The molecule has 0 saturated carbocycles. The van der Waals surface area contributed by atoms with Gasteiger partial charge in [0.25, 0.3) is 5.56 Å². The largest absolute Gasteiger partial charge is 0.494 e. The van der Waals surface area contributed by atoms with Crippen molar-refractivity contribution in [3.63, 3.8) is 0 Å². The smallest absolute Gasteiger partial charge is 0.264 e. The molecule has 2 aromatic rings. The number of hydrogen-bond donors (Lipinski definition) is 3. The van der Waals surface area contributed by atoms with Gasteiger partial charge in [-0.2, -0.15) is 0 Å². The quantitative estimate of drug-likeness (QED) is 0.557. The van der Waals surface area contributed by atoms with Gasteiger partial charge in [0, 0.05) is 17.8 Å². The van der Waals surface area contributed by atoms with Gasteiger partial charge in [-0.15, -0.1) is 11.3 Å². The standard InChI is InChI=1S/C8H6N4O2S2/c13-5-4(6(14)12-7(15)11-5)3-10-8-9-1-2-16-8/h1-3H,(H3,11,12,13,14,15).